The average molecular weight is 1470 g/mol. The van der Waals surface area contributed by atoms with Crippen LogP contribution < -0.4 is 62.9 Å². The van der Waals surface area contributed by atoms with Crippen molar-refractivity contribution in [2.24, 2.45) is 17.4 Å². The zero-order chi connectivity index (χ0) is 73.5. The number of amides is 6. The molecule has 7 heterocycles. The maximum atomic E-state index is 15.5. The number of carboxylic acid groups (broad SMARTS) is 1. The lowest BCUT2D eigenvalue weighted by atomic mass is 9.86. The number of nitrogens with one attached hydrogen (secondary N) is 7. The summed E-state index contributed by atoms with van der Waals surface area (Å²) in [6, 6.07) is 0.960. The summed E-state index contributed by atoms with van der Waals surface area (Å²) < 4.78 is 38.6. The Balaban J connectivity index is 1.24. The number of ether oxygens (including phenoxy) is 6. The topological polar surface area (TPSA) is 513 Å². The Kier molecular flexibility index (Phi) is 22.6. The van der Waals surface area contributed by atoms with Gasteiger partial charge in [0.2, 0.25) is 47.5 Å². The number of aromatic hydroxyl groups is 3. The van der Waals surface area contributed by atoms with Gasteiger partial charge in [0.05, 0.1) is 41.3 Å². The number of thiocarbonyl (C=S) groups is 1. The quantitative estimate of drug-likeness (QED) is 0.0728. The molecule has 101 heavy (non-hydrogen) atoms. The van der Waals surface area contributed by atoms with Crippen molar-refractivity contribution >= 4 is 81.8 Å². The first-order valence-corrected chi connectivity index (χ1v) is 32.8. The average Bonchev–Trinajstić information content (AvgIpc) is 0.775. The number of rotatable bonds is 13. The number of hydrogen-bond donors (Lipinski definition) is 19. The highest BCUT2D eigenvalue weighted by Crippen LogP contribution is 2.50. The van der Waals surface area contributed by atoms with Gasteiger partial charge in [-0.25, -0.2) is 4.79 Å². The summed E-state index contributed by atoms with van der Waals surface area (Å²) in [5.74, 6) is -13.6. The number of phenolic OH excluding ortho intramolecular Hbond substituents is 3. The van der Waals surface area contributed by atoms with E-state index in [0.717, 1.165) is 54.6 Å². The summed E-state index contributed by atoms with van der Waals surface area (Å²) in [6.07, 6.45) is -18.1. The number of nitrogens with two attached hydrogens (primary N) is 2. The molecule has 5 aromatic carbocycles. The van der Waals surface area contributed by atoms with Crippen LogP contribution in [0.5, 0.6) is 46.0 Å². The predicted octanol–water partition coefficient (Wildman–Crippen LogP) is 0.907. The number of aliphatic hydroxyl groups is 6. The maximum Gasteiger partial charge on any atom is 0.330 e. The van der Waals surface area contributed by atoms with Crippen LogP contribution in [0.4, 0.5) is 0 Å². The van der Waals surface area contributed by atoms with Crippen molar-refractivity contribution < 1.29 is 113 Å². The highest BCUT2D eigenvalue weighted by molar-refractivity contribution is 7.80. The minimum absolute atomic E-state index is 0.0805. The lowest BCUT2D eigenvalue weighted by Crippen LogP contribution is -2.64. The second-order valence-corrected chi connectivity index (χ2v) is 27.0. The molecule has 2 fully saturated rings. The van der Waals surface area contributed by atoms with E-state index in [1.54, 1.807) is 0 Å². The molecule has 7 aliphatic heterocycles. The minimum atomic E-state index is -2.23. The van der Waals surface area contributed by atoms with E-state index in [9.17, 15) is 75.0 Å². The van der Waals surface area contributed by atoms with Crippen molar-refractivity contribution in [1.29, 1.82) is 0 Å². The number of benzene rings is 5. The first-order chi connectivity index (χ1) is 47.7. The Labute approximate surface area is 590 Å². The summed E-state index contributed by atoms with van der Waals surface area (Å²) in [4.78, 5) is 101. The lowest BCUT2D eigenvalue weighted by molar-refractivity contribution is -0.333. The summed E-state index contributed by atoms with van der Waals surface area (Å²) in [5, 5.41) is 132. The second kappa shape index (κ2) is 30.4. The maximum absolute atomic E-state index is 15.5. The fourth-order valence-corrected chi connectivity index (χ4v) is 13.3. The third kappa shape index (κ3) is 16.0. The first kappa shape index (κ1) is 74.9. The van der Waals surface area contributed by atoms with Gasteiger partial charge in [-0.2, -0.15) is 0 Å². The monoisotopic (exact) mass is 1460 g/mol. The van der Waals surface area contributed by atoms with E-state index >= 15 is 9.59 Å². The molecule has 21 N–H and O–H groups in total. The van der Waals surface area contributed by atoms with Crippen molar-refractivity contribution in [1.82, 2.24) is 37.2 Å². The van der Waals surface area contributed by atoms with Gasteiger partial charge in [0.25, 0.3) is 0 Å². The molecule has 0 aliphatic carbocycles. The third-order valence-corrected chi connectivity index (χ3v) is 18.7. The molecule has 11 bridgehead atoms. The number of likely N-dealkylation sites (N-methyl/N-ethyl adjacent to an activating group) is 1. The van der Waals surface area contributed by atoms with Crippen LogP contribution in [0.25, 0.3) is 11.1 Å². The van der Waals surface area contributed by atoms with Gasteiger partial charge in [0, 0.05) is 34.7 Å². The number of carbonyl (C=O) groups excluding carboxylic acids is 6. The third-order valence-electron chi connectivity index (χ3n) is 17.8. The Morgan fingerprint density at radius 2 is 1.38 bits per heavy atom. The van der Waals surface area contributed by atoms with Crippen LogP contribution in [0.3, 0.4) is 0 Å². The van der Waals surface area contributed by atoms with Gasteiger partial charge in [0.1, 0.15) is 94.5 Å². The Bertz CT molecular complexity index is 4080. The number of fused-ring (bicyclic) bond motifs is 15. The van der Waals surface area contributed by atoms with Crippen LogP contribution in [-0.2, 0) is 47.8 Å². The molecule has 2 saturated heterocycles. The number of hydrogen-bond acceptors (Lipinski definition) is 25. The number of phenols is 3. The molecule has 0 spiro atoms. The van der Waals surface area contributed by atoms with E-state index in [1.807, 2.05) is 13.8 Å². The Hall–Kier alpha value is -8.78. The SMILES string of the molecule is CN[C@H](CC(C)C)C(=O)N[C@H]1C(=O)N[C@@H](CC(N)=O)C(=O)N[C@H]2C(=S)N[C@H]3C(=O)N[C@H](C(=O)N[C@H](C(=O)O)c4cc(O)cc(O)c4-c4cc3ccc4O)[C@H](O)c3ccc(c(Cl)c3)Oc3cc2cc(c3O[C@@H]2O[C@H](CO)[C@@H](O)[C@H](O)[C@H]2O[C@H]2C[C@](C)(N)[C@H](O)[C@H](C)O2)Oc2ccc(cc2Cl)[C@H]1O. The van der Waals surface area contributed by atoms with E-state index in [2.05, 4.69) is 37.2 Å². The van der Waals surface area contributed by atoms with Gasteiger partial charge in [-0.15, -0.1) is 0 Å². The summed E-state index contributed by atoms with van der Waals surface area (Å²) in [5.41, 5.74) is 8.65. The van der Waals surface area contributed by atoms with Crippen LogP contribution in [0.15, 0.2) is 78.9 Å². The van der Waals surface area contributed by atoms with E-state index < -0.39 is 225 Å². The van der Waals surface area contributed by atoms with Crippen LogP contribution in [0.1, 0.15) is 105 Å². The molecule has 0 saturated carbocycles. The Morgan fingerprint density at radius 1 is 0.743 bits per heavy atom. The van der Waals surface area contributed by atoms with E-state index in [4.69, 9.17) is 75.3 Å². The molecule has 32 nitrogen and oxygen atoms in total. The number of carbonyl (C=O) groups is 7. The highest BCUT2D eigenvalue weighted by Gasteiger charge is 2.51. The van der Waals surface area contributed by atoms with E-state index in [0.29, 0.717) is 0 Å². The van der Waals surface area contributed by atoms with Crippen LogP contribution in [-0.4, -0.2) is 190 Å². The van der Waals surface area contributed by atoms with Crippen molar-refractivity contribution in [2.75, 3.05) is 13.7 Å². The highest BCUT2D eigenvalue weighted by atomic mass is 35.5. The molecule has 0 aromatic heterocycles. The summed E-state index contributed by atoms with van der Waals surface area (Å²) >= 11 is 20.4. The standard InChI is InChI=1S/C66H75Cl2N9O23S/c1-23(2)12-34(71-5)58(88)75-49-51(83)26-7-10-38(32(67)14-26)96-40-16-28-17-41(55(40)100-65-56(54(86)53(85)42(22-78)98-65)99-44-21-66(4,70)57(87)24(3)95-44)97-39-11-8-27(15-33(39)68)52(84)50-62(92)74-48(64(93)94)31-18-29(79)19-37(81)45(31)30-13-25(6-9-36(30)80)46(60(90)76-50)77-63(101)47(28)73-59(89)35(20-43(69)82)72-61(49)91/h6-11,13-19,23-24,34-35,42,44,46-54,56-57,65,71,78-81,83-87H,12,20-22,70H2,1-5H3,(H2,69,82)(H,72,91)(H,73,89)(H,74,92)(H,75,88)(H,76,90)(H,77,101)(H,93,94)/t24-,34+,35-,42+,44-,46+,47+,48-,49+,50-,51+,52+,53+,54-,56+,57+,65-,66-/m0/s1. The normalized spacial score (nSPS) is 29.4. The molecular formula is C66H75Cl2N9O23S. The van der Waals surface area contributed by atoms with Crippen LogP contribution in [0.2, 0.25) is 10.0 Å². The molecule has 12 rings (SSSR count). The number of halogens is 2. The van der Waals surface area contributed by atoms with Gasteiger partial charge in [-0.3, -0.25) is 28.8 Å². The zero-order valence-electron chi connectivity index (χ0n) is 54.3. The Morgan fingerprint density at radius 3 is 1.96 bits per heavy atom. The van der Waals surface area contributed by atoms with E-state index in [1.165, 1.54) is 45.2 Å². The van der Waals surface area contributed by atoms with Gasteiger partial charge >= 0.3 is 5.97 Å². The van der Waals surface area contributed by atoms with Crippen molar-refractivity contribution in [3.63, 3.8) is 0 Å². The number of primary amides is 1. The predicted molar refractivity (Wildman–Crippen MR) is 357 cm³/mol. The number of aliphatic hydroxyl groups excluding tert-OH is 6. The summed E-state index contributed by atoms with van der Waals surface area (Å²) in [6.45, 7) is 5.74. The molecule has 6 amide bonds. The van der Waals surface area contributed by atoms with Crippen LogP contribution in [0, 0.1) is 5.92 Å². The van der Waals surface area contributed by atoms with Gasteiger partial charge < -0.3 is 128 Å². The molecule has 5 aromatic rings. The van der Waals surface area contributed by atoms with Gasteiger partial charge in [0.15, 0.2) is 29.9 Å². The van der Waals surface area contributed by atoms with Crippen molar-refractivity contribution in [3.8, 4) is 57.1 Å². The fourth-order valence-electron chi connectivity index (χ4n) is 12.5. The minimum Gasteiger partial charge on any atom is -0.508 e. The largest absolute Gasteiger partial charge is 0.508 e. The van der Waals surface area contributed by atoms with Crippen molar-refractivity contribution in [2.45, 2.75) is 156 Å². The van der Waals surface area contributed by atoms with Crippen molar-refractivity contribution in [3.05, 3.63) is 117 Å². The number of carboxylic acids is 1. The molecule has 35 heteroatoms. The second-order valence-electron chi connectivity index (χ2n) is 25.7. The zero-order valence-corrected chi connectivity index (χ0v) is 56.7. The lowest BCUT2D eigenvalue weighted by Gasteiger charge is -2.47. The fraction of sp³-hybridized carbons (Fsp3) is 0.424. The number of aliphatic carboxylic acids is 1. The van der Waals surface area contributed by atoms with Gasteiger partial charge in [-0.05, 0) is 110 Å². The van der Waals surface area contributed by atoms with Crippen LogP contribution >= 0.6 is 35.4 Å². The molecule has 542 valence electrons. The molecule has 0 unspecified atom stereocenters. The molecule has 0 radical (unpaired) electrons. The smallest absolute Gasteiger partial charge is 0.330 e. The molecule has 7 aliphatic rings. The van der Waals surface area contributed by atoms with E-state index in [-0.39, 0.29) is 57.5 Å². The molecular weight excluding hydrogens is 1390 g/mol. The van der Waals surface area contributed by atoms with Gasteiger partial charge in [-0.1, -0.05) is 67.5 Å². The first-order valence-electron chi connectivity index (χ1n) is 31.6. The molecule has 18 atom stereocenters. The summed E-state index contributed by atoms with van der Waals surface area (Å²) in [7, 11) is 1.49.